The minimum absolute atomic E-state index is 0.0636. The molecular weight excluding hydrogens is 319 g/mol. The van der Waals surface area contributed by atoms with Crippen molar-refractivity contribution in [3.63, 3.8) is 0 Å². The Morgan fingerprint density at radius 2 is 1.92 bits per heavy atom. The molecule has 0 N–H and O–H groups in total. The number of nitrogens with zero attached hydrogens (tertiary/aromatic N) is 1. The van der Waals surface area contributed by atoms with Gasteiger partial charge in [0.05, 0.1) is 0 Å². The molecule has 6 heteroatoms. The molecule has 1 amide bonds. The fourth-order valence-corrected chi connectivity index (χ4v) is 2.03. The van der Waals surface area contributed by atoms with Crippen molar-refractivity contribution in [3.05, 3.63) is 71.6 Å². The molecule has 0 unspecified atom stereocenters. The van der Waals surface area contributed by atoms with E-state index in [0.717, 1.165) is 5.56 Å². The Morgan fingerprint density at radius 1 is 1.21 bits per heavy atom. The lowest BCUT2D eigenvalue weighted by Crippen LogP contribution is -2.24. The molecule has 24 heavy (non-hydrogen) atoms. The summed E-state index contributed by atoms with van der Waals surface area (Å²) in [4.78, 5) is 13.5. The number of ether oxygens (including phenoxy) is 1. The number of likely N-dealkylation sites (N-methyl/N-ethyl adjacent to an activating group) is 1. The summed E-state index contributed by atoms with van der Waals surface area (Å²) in [7, 11) is 1.61. The maximum Gasteiger partial charge on any atom is 0.387 e. The Labute approximate surface area is 138 Å². The molecule has 0 spiro atoms. The van der Waals surface area contributed by atoms with Crippen LogP contribution in [0, 0.1) is 5.82 Å². The summed E-state index contributed by atoms with van der Waals surface area (Å²) in [5.74, 6) is -0.565. The summed E-state index contributed by atoms with van der Waals surface area (Å²) >= 11 is 0. The van der Waals surface area contributed by atoms with Crippen LogP contribution in [0.25, 0.3) is 6.08 Å². The third kappa shape index (κ3) is 5.46. The highest BCUT2D eigenvalue weighted by Crippen LogP contribution is 2.16. The summed E-state index contributed by atoms with van der Waals surface area (Å²) < 4.78 is 41.5. The van der Waals surface area contributed by atoms with E-state index in [9.17, 15) is 18.0 Å². The van der Waals surface area contributed by atoms with Crippen LogP contribution in [0.4, 0.5) is 13.2 Å². The Bertz CT molecular complexity index is 714. The molecule has 0 atom stereocenters. The normalized spacial score (nSPS) is 11.0. The van der Waals surface area contributed by atoms with E-state index in [0.29, 0.717) is 12.1 Å². The highest BCUT2D eigenvalue weighted by Gasteiger charge is 2.07. The van der Waals surface area contributed by atoms with Gasteiger partial charge in [0.2, 0.25) is 5.91 Å². The summed E-state index contributed by atoms with van der Waals surface area (Å²) in [6.45, 7) is -2.56. The lowest BCUT2D eigenvalue weighted by atomic mass is 10.2. The number of alkyl halides is 2. The maximum absolute atomic E-state index is 13.1. The van der Waals surface area contributed by atoms with Crippen LogP contribution in [0.5, 0.6) is 5.75 Å². The van der Waals surface area contributed by atoms with E-state index in [1.165, 1.54) is 41.3 Å². The van der Waals surface area contributed by atoms with Crippen LogP contribution in [0.3, 0.4) is 0 Å². The molecule has 0 heterocycles. The Morgan fingerprint density at radius 3 is 2.54 bits per heavy atom. The first-order chi connectivity index (χ1) is 11.4. The Kier molecular flexibility index (Phi) is 6.01. The van der Waals surface area contributed by atoms with Gasteiger partial charge in [0.25, 0.3) is 0 Å². The molecular formula is C18H16F3NO2. The predicted octanol–water partition coefficient (Wildman–Crippen LogP) is 4.10. The van der Waals surface area contributed by atoms with Gasteiger partial charge in [0.1, 0.15) is 11.6 Å². The minimum atomic E-state index is -2.87. The van der Waals surface area contributed by atoms with Gasteiger partial charge < -0.3 is 9.64 Å². The molecule has 2 rings (SSSR count). The number of halogens is 3. The van der Waals surface area contributed by atoms with E-state index in [1.54, 1.807) is 31.3 Å². The van der Waals surface area contributed by atoms with Gasteiger partial charge in [-0.25, -0.2) is 4.39 Å². The second kappa shape index (κ2) is 8.19. The number of rotatable bonds is 6. The van der Waals surface area contributed by atoms with Crippen LogP contribution < -0.4 is 4.74 Å². The van der Waals surface area contributed by atoms with Crippen LogP contribution in [0.1, 0.15) is 11.1 Å². The summed E-state index contributed by atoms with van der Waals surface area (Å²) in [5.41, 5.74) is 1.36. The molecule has 0 saturated carbocycles. The zero-order valence-corrected chi connectivity index (χ0v) is 13.0. The van der Waals surface area contributed by atoms with Gasteiger partial charge >= 0.3 is 6.61 Å². The molecule has 126 valence electrons. The van der Waals surface area contributed by atoms with Crippen molar-refractivity contribution in [2.24, 2.45) is 0 Å². The van der Waals surface area contributed by atoms with Crippen molar-refractivity contribution in [1.82, 2.24) is 4.90 Å². The van der Waals surface area contributed by atoms with E-state index in [-0.39, 0.29) is 17.5 Å². The number of carbonyl (C=O) groups is 1. The lowest BCUT2D eigenvalue weighted by molar-refractivity contribution is -0.125. The standard InChI is InChI=1S/C18H16F3NO2/c1-22(12-14-5-8-16(9-6-14)24-18(20)21)17(23)10-7-13-3-2-4-15(19)11-13/h2-11,18H,12H2,1H3. The molecule has 0 aliphatic rings. The van der Waals surface area contributed by atoms with Gasteiger partial charge in [-0.05, 0) is 41.5 Å². The topological polar surface area (TPSA) is 29.5 Å². The van der Waals surface area contributed by atoms with E-state index >= 15 is 0 Å². The first-order valence-corrected chi connectivity index (χ1v) is 7.16. The fraction of sp³-hybridized carbons (Fsp3) is 0.167. The lowest BCUT2D eigenvalue weighted by Gasteiger charge is -2.15. The zero-order chi connectivity index (χ0) is 17.5. The van der Waals surface area contributed by atoms with Crippen LogP contribution in [0.15, 0.2) is 54.6 Å². The number of carbonyl (C=O) groups excluding carboxylic acids is 1. The molecule has 0 aliphatic carbocycles. The smallest absolute Gasteiger partial charge is 0.387 e. The van der Waals surface area contributed by atoms with Crippen LogP contribution in [0.2, 0.25) is 0 Å². The van der Waals surface area contributed by atoms with Gasteiger partial charge in [-0.3, -0.25) is 4.79 Å². The average molecular weight is 335 g/mol. The summed E-state index contributed by atoms with van der Waals surface area (Å²) in [5, 5.41) is 0. The van der Waals surface area contributed by atoms with Crippen molar-refractivity contribution in [2.45, 2.75) is 13.2 Å². The van der Waals surface area contributed by atoms with E-state index in [2.05, 4.69) is 4.74 Å². The van der Waals surface area contributed by atoms with Gasteiger partial charge in [0, 0.05) is 19.7 Å². The van der Waals surface area contributed by atoms with Crippen LogP contribution in [-0.4, -0.2) is 24.5 Å². The van der Waals surface area contributed by atoms with Crippen molar-refractivity contribution >= 4 is 12.0 Å². The van der Waals surface area contributed by atoms with Gasteiger partial charge in [-0.1, -0.05) is 24.3 Å². The van der Waals surface area contributed by atoms with E-state index in [1.807, 2.05) is 0 Å². The highest BCUT2D eigenvalue weighted by molar-refractivity contribution is 5.91. The highest BCUT2D eigenvalue weighted by atomic mass is 19.3. The van der Waals surface area contributed by atoms with Gasteiger partial charge in [0.15, 0.2) is 0 Å². The minimum Gasteiger partial charge on any atom is -0.435 e. The molecule has 2 aromatic carbocycles. The molecule has 0 fully saturated rings. The fourth-order valence-electron chi connectivity index (χ4n) is 2.03. The largest absolute Gasteiger partial charge is 0.435 e. The quantitative estimate of drug-likeness (QED) is 0.744. The third-order valence-electron chi connectivity index (χ3n) is 3.21. The van der Waals surface area contributed by atoms with Crippen LogP contribution in [-0.2, 0) is 11.3 Å². The SMILES string of the molecule is CN(Cc1ccc(OC(F)F)cc1)C(=O)C=Cc1cccc(F)c1. The number of hydrogen-bond donors (Lipinski definition) is 0. The Balaban J connectivity index is 1.93. The first kappa shape index (κ1) is 17.6. The number of benzene rings is 2. The van der Waals surface area contributed by atoms with Crippen molar-refractivity contribution in [2.75, 3.05) is 7.05 Å². The van der Waals surface area contributed by atoms with Crippen molar-refractivity contribution < 1.29 is 22.7 Å². The Hall–Kier alpha value is -2.76. The molecule has 2 aromatic rings. The predicted molar refractivity (Wildman–Crippen MR) is 85.0 cm³/mol. The van der Waals surface area contributed by atoms with Crippen molar-refractivity contribution in [1.29, 1.82) is 0 Å². The third-order valence-corrected chi connectivity index (χ3v) is 3.21. The second-order valence-electron chi connectivity index (χ2n) is 5.11. The molecule has 0 aromatic heterocycles. The first-order valence-electron chi connectivity index (χ1n) is 7.16. The van der Waals surface area contributed by atoms with E-state index < -0.39 is 6.61 Å². The zero-order valence-electron chi connectivity index (χ0n) is 13.0. The molecule has 0 radical (unpaired) electrons. The monoisotopic (exact) mass is 335 g/mol. The second-order valence-corrected chi connectivity index (χ2v) is 5.11. The summed E-state index contributed by atoms with van der Waals surface area (Å²) in [6, 6.07) is 12.0. The van der Waals surface area contributed by atoms with E-state index in [4.69, 9.17) is 0 Å². The van der Waals surface area contributed by atoms with Crippen molar-refractivity contribution in [3.8, 4) is 5.75 Å². The van der Waals surface area contributed by atoms with Gasteiger partial charge in [-0.2, -0.15) is 8.78 Å². The summed E-state index contributed by atoms with van der Waals surface area (Å²) in [6.07, 6.45) is 2.88. The molecule has 3 nitrogen and oxygen atoms in total. The molecule has 0 bridgehead atoms. The van der Waals surface area contributed by atoms with Gasteiger partial charge in [-0.15, -0.1) is 0 Å². The average Bonchev–Trinajstić information content (AvgIpc) is 2.54. The molecule has 0 aliphatic heterocycles. The maximum atomic E-state index is 13.1. The molecule has 0 saturated heterocycles. The number of hydrogen-bond acceptors (Lipinski definition) is 2. The number of amides is 1. The van der Waals surface area contributed by atoms with Crippen LogP contribution >= 0.6 is 0 Å².